The summed E-state index contributed by atoms with van der Waals surface area (Å²) >= 11 is 0. The van der Waals surface area contributed by atoms with Gasteiger partial charge in [0.2, 0.25) is 0 Å². The Morgan fingerprint density at radius 1 is 0.511 bits per heavy atom. The molecule has 0 aliphatic rings. The topological polar surface area (TPSA) is 43.2 Å². The fourth-order valence-corrected chi connectivity index (χ4v) is 6.34. The summed E-state index contributed by atoms with van der Waals surface area (Å²) < 4.78 is 15.4. The molecule has 0 fully saturated rings. The molecule has 45 heavy (non-hydrogen) atoms. The first-order valence-corrected chi connectivity index (χ1v) is 14.7. The van der Waals surface area contributed by atoms with E-state index in [9.17, 15) is 5.26 Å². The summed E-state index contributed by atoms with van der Waals surface area (Å²) in [7, 11) is 0. The van der Waals surface area contributed by atoms with Crippen LogP contribution in [0.3, 0.4) is 0 Å². The molecule has 0 saturated heterocycles. The molecule has 0 unspecified atom stereocenters. The van der Waals surface area contributed by atoms with Crippen molar-refractivity contribution in [3.05, 3.63) is 163 Å². The van der Waals surface area contributed by atoms with Crippen molar-refractivity contribution >= 4 is 66.6 Å². The van der Waals surface area contributed by atoms with Gasteiger partial charge in [-0.15, -0.1) is 0 Å². The van der Waals surface area contributed by atoms with Crippen molar-refractivity contribution in [3.8, 4) is 6.07 Å². The molecule has 7 aromatic carbocycles. The van der Waals surface area contributed by atoms with Crippen molar-refractivity contribution in [1.82, 2.24) is 4.98 Å². The van der Waals surface area contributed by atoms with Crippen LogP contribution in [-0.2, 0) is 0 Å². The average molecular weight is 581 g/mol. The molecule has 212 valence electrons. The number of rotatable bonds is 6. The standard InChI is InChI=1S/C40H25FN4/c41-35-12-7-25-43-40(35)45(31-10-5-2-6-11-31)37-24-18-29-15-21-33-36(23-17-28-16-22-34(37)39(29)38(28)33)44(30-8-3-1-4-9-30)32-19-13-27(26-42)14-20-32/h1-25H. The van der Waals surface area contributed by atoms with Gasteiger partial charge in [0.05, 0.1) is 23.0 Å². The van der Waals surface area contributed by atoms with Gasteiger partial charge in [-0.25, -0.2) is 9.37 Å². The Morgan fingerprint density at radius 2 is 1.02 bits per heavy atom. The average Bonchev–Trinajstić information content (AvgIpc) is 3.10. The van der Waals surface area contributed by atoms with E-state index in [4.69, 9.17) is 0 Å². The van der Waals surface area contributed by atoms with Crippen molar-refractivity contribution in [1.29, 1.82) is 5.26 Å². The first kappa shape index (κ1) is 26.4. The number of nitrogens with zero attached hydrogens (tertiary/aromatic N) is 4. The maximum Gasteiger partial charge on any atom is 0.174 e. The van der Waals surface area contributed by atoms with E-state index >= 15 is 4.39 Å². The number of aromatic nitrogens is 1. The van der Waals surface area contributed by atoms with Gasteiger partial charge >= 0.3 is 0 Å². The molecule has 4 nitrogen and oxygen atoms in total. The Bertz CT molecular complexity index is 2350. The van der Waals surface area contributed by atoms with Crippen molar-refractivity contribution in [2.45, 2.75) is 0 Å². The van der Waals surface area contributed by atoms with Gasteiger partial charge in [-0.1, -0.05) is 72.8 Å². The highest BCUT2D eigenvalue weighted by Gasteiger charge is 2.23. The zero-order valence-corrected chi connectivity index (χ0v) is 24.1. The van der Waals surface area contributed by atoms with E-state index in [2.05, 4.69) is 76.6 Å². The second kappa shape index (κ2) is 10.8. The first-order chi connectivity index (χ1) is 22.2. The Labute approximate surface area is 259 Å². The summed E-state index contributed by atoms with van der Waals surface area (Å²) in [6.45, 7) is 0. The molecule has 8 aromatic rings. The van der Waals surface area contributed by atoms with Crippen LogP contribution in [0.15, 0.2) is 152 Å². The van der Waals surface area contributed by atoms with E-state index in [0.717, 1.165) is 60.8 Å². The third kappa shape index (κ3) is 4.40. The monoisotopic (exact) mass is 580 g/mol. The quantitative estimate of drug-likeness (QED) is 0.184. The maximum atomic E-state index is 15.4. The number of halogens is 1. The lowest BCUT2D eigenvalue weighted by Gasteiger charge is -2.29. The van der Waals surface area contributed by atoms with E-state index in [1.807, 2.05) is 77.7 Å². The molecule has 0 aliphatic heterocycles. The summed E-state index contributed by atoms with van der Waals surface area (Å²) in [6.07, 6.45) is 1.62. The minimum absolute atomic E-state index is 0.246. The number of pyridine rings is 1. The van der Waals surface area contributed by atoms with Crippen molar-refractivity contribution in [3.63, 3.8) is 0 Å². The highest BCUT2D eigenvalue weighted by molar-refractivity contribution is 6.28. The minimum Gasteiger partial charge on any atom is -0.310 e. The first-order valence-electron chi connectivity index (χ1n) is 14.7. The second-order valence-electron chi connectivity index (χ2n) is 10.9. The molecule has 5 heteroatoms. The lowest BCUT2D eigenvalue weighted by molar-refractivity contribution is 0.623. The Hall–Kier alpha value is -6.25. The predicted octanol–water partition coefficient (Wildman–Crippen LogP) is 10.9. The fourth-order valence-electron chi connectivity index (χ4n) is 6.34. The highest BCUT2D eigenvalue weighted by atomic mass is 19.1. The van der Waals surface area contributed by atoms with Crippen LogP contribution >= 0.6 is 0 Å². The van der Waals surface area contributed by atoms with Gasteiger partial charge in [-0.2, -0.15) is 5.26 Å². The fraction of sp³-hybridized carbons (Fsp3) is 0. The molecule has 0 spiro atoms. The van der Waals surface area contributed by atoms with Crippen LogP contribution in [0.4, 0.5) is 38.6 Å². The van der Waals surface area contributed by atoms with E-state index in [0.29, 0.717) is 5.56 Å². The smallest absolute Gasteiger partial charge is 0.174 e. The zero-order chi connectivity index (χ0) is 30.3. The molecule has 0 amide bonds. The molecular weight excluding hydrogens is 555 g/mol. The molecular formula is C40H25FN4. The lowest BCUT2D eigenvalue weighted by Crippen LogP contribution is -2.14. The van der Waals surface area contributed by atoms with E-state index in [-0.39, 0.29) is 5.82 Å². The molecule has 0 atom stereocenters. The Balaban J connectivity index is 1.41. The molecule has 1 aromatic heterocycles. The lowest BCUT2D eigenvalue weighted by atomic mass is 9.92. The van der Waals surface area contributed by atoms with Gasteiger partial charge < -0.3 is 4.90 Å². The predicted molar refractivity (Wildman–Crippen MR) is 182 cm³/mol. The SMILES string of the molecule is N#Cc1ccc(N(c2ccccc2)c2ccc3ccc4c(N(c5ccccc5)c5ncccc5F)ccc5ccc2c3c54)cc1. The number of benzene rings is 7. The molecule has 0 bridgehead atoms. The van der Waals surface area contributed by atoms with E-state index < -0.39 is 5.82 Å². The van der Waals surface area contributed by atoms with Crippen molar-refractivity contribution in [2.24, 2.45) is 0 Å². The molecule has 0 aliphatic carbocycles. The molecule has 8 rings (SSSR count). The van der Waals surface area contributed by atoms with Gasteiger partial charge in [-0.05, 0) is 94.3 Å². The van der Waals surface area contributed by atoms with Crippen molar-refractivity contribution < 1.29 is 4.39 Å². The van der Waals surface area contributed by atoms with Gasteiger partial charge in [0.15, 0.2) is 11.6 Å². The number of nitriles is 1. The van der Waals surface area contributed by atoms with Gasteiger partial charge in [0.25, 0.3) is 0 Å². The van der Waals surface area contributed by atoms with Crippen molar-refractivity contribution in [2.75, 3.05) is 9.80 Å². The van der Waals surface area contributed by atoms with Crippen LogP contribution in [-0.4, -0.2) is 4.98 Å². The summed E-state index contributed by atoms with van der Waals surface area (Å²) in [6, 6.07) is 50.1. The summed E-state index contributed by atoms with van der Waals surface area (Å²) in [5.74, 6) is -0.147. The molecule has 0 N–H and O–H groups in total. The van der Waals surface area contributed by atoms with Gasteiger partial charge in [0.1, 0.15) is 0 Å². The summed E-state index contributed by atoms with van der Waals surface area (Å²) in [5.41, 5.74) is 5.27. The van der Waals surface area contributed by atoms with Crippen LogP contribution in [0.5, 0.6) is 0 Å². The largest absolute Gasteiger partial charge is 0.310 e. The second-order valence-corrected chi connectivity index (χ2v) is 10.9. The number of anilines is 6. The third-order valence-corrected chi connectivity index (χ3v) is 8.33. The van der Waals surface area contributed by atoms with E-state index in [1.54, 1.807) is 12.3 Å². The Kier molecular flexibility index (Phi) is 6.32. The molecule has 0 saturated carbocycles. The van der Waals surface area contributed by atoms with Crippen LogP contribution < -0.4 is 9.80 Å². The zero-order valence-electron chi connectivity index (χ0n) is 24.1. The van der Waals surface area contributed by atoms with Crippen LogP contribution in [0.1, 0.15) is 5.56 Å². The van der Waals surface area contributed by atoms with Crippen LogP contribution in [0, 0.1) is 17.1 Å². The highest BCUT2D eigenvalue weighted by Crippen LogP contribution is 2.47. The van der Waals surface area contributed by atoms with Gasteiger partial charge in [-0.3, -0.25) is 4.90 Å². The number of para-hydroxylation sites is 2. The summed E-state index contributed by atoms with van der Waals surface area (Å²) in [5, 5.41) is 16.0. The van der Waals surface area contributed by atoms with Crippen LogP contribution in [0.2, 0.25) is 0 Å². The third-order valence-electron chi connectivity index (χ3n) is 8.33. The molecule has 0 radical (unpaired) electrons. The Morgan fingerprint density at radius 3 is 1.58 bits per heavy atom. The number of hydrogen-bond donors (Lipinski definition) is 0. The number of hydrogen-bond acceptors (Lipinski definition) is 4. The van der Waals surface area contributed by atoms with Gasteiger partial charge in [0, 0.05) is 34.0 Å². The minimum atomic E-state index is -0.393. The van der Waals surface area contributed by atoms with Crippen LogP contribution in [0.25, 0.3) is 32.3 Å². The van der Waals surface area contributed by atoms with E-state index in [1.165, 1.54) is 6.07 Å². The summed E-state index contributed by atoms with van der Waals surface area (Å²) in [4.78, 5) is 8.61. The molecule has 1 heterocycles. The normalized spacial score (nSPS) is 11.2. The maximum absolute atomic E-state index is 15.4.